The number of hydrogen-bond donors (Lipinski definition) is 1. The first kappa shape index (κ1) is 13.7. The molecule has 0 saturated heterocycles. The molecule has 102 valence electrons. The van der Waals surface area contributed by atoms with Crippen molar-refractivity contribution in [3.8, 4) is 17.6 Å². The zero-order valence-corrected chi connectivity index (χ0v) is 11.2. The third-order valence-electron chi connectivity index (χ3n) is 2.39. The predicted octanol–water partition coefficient (Wildman–Crippen LogP) is 1.53. The molecule has 1 aromatic heterocycles. The van der Waals surface area contributed by atoms with Crippen molar-refractivity contribution in [3.05, 3.63) is 30.2 Å². The molecule has 0 aliphatic rings. The number of aliphatic imine (C=N–C) groups is 1. The van der Waals surface area contributed by atoms with E-state index in [1.165, 1.54) is 6.34 Å². The number of nitriles is 1. The molecule has 0 atom stereocenters. The summed E-state index contributed by atoms with van der Waals surface area (Å²) in [5.41, 5.74) is 1.58. The molecule has 20 heavy (non-hydrogen) atoms. The van der Waals surface area contributed by atoms with Crippen LogP contribution in [0.25, 0.3) is 11.4 Å². The molecule has 0 aliphatic carbocycles. The highest BCUT2D eigenvalue weighted by Crippen LogP contribution is 2.20. The van der Waals surface area contributed by atoms with E-state index < -0.39 is 0 Å². The van der Waals surface area contributed by atoms with Crippen molar-refractivity contribution in [2.45, 2.75) is 6.54 Å². The van der Waals surface area contributed by atoms with Crippen molar-refractivity contribution < 1.29 is 4.52 Å². The summed E-state index contributed by atoms with van der Waals surface area (Å²) in [6.07, 6.45) is 3.09. The lowest BCUT2D eigenvalue weighted by Crippen LogP contribution is -2.10. The molecule has 0 amide bonds. The zero-order valence-electron chi connectivity index (χ0n) is 11.2. The average Bonchev–Trinajstić information content (AvgIpc) is 2.87. The number of rotatable bonds is 5. The fourth-order valence-electron chi connectivity index (χ4n) is 1.54. The molecule has 1 N–H and O–H groups in total. The van der Waals surface area contributed by atoms with Gasteiger partial charge in [-0.1, -0.05) is 5.16 Å². The zero-order chi connectivity index (χ0) is 14.4. The Morgan fingerprint density at radius 1 is 1.40 bits per heavy atom. The monoisotopic (exact) mass is 270 g/mol. The van der Waals surface area contributed by atoms with E-state index in [9.17, 15) is 0 Å². The maximum Gasteiger partial charge on any atom is 0.241 e. The second-order valence-corrected chi connectivity index (χ2v) is 4.31. The molecule has 0 unspecified atom stereocenters. The minimum Gasteiger partial charge on any atom is -0.338 e. The molecular formula is C13H14N6O. The van der Waals surface area contributed by atoms with E-state index in [-0.39, 0.29) is 0 Å². The van der Waals surface area contributed by atoms with Crippen molar-refractivity contribution in [1.82, 2.24) is 20.4 Å². The van der Waals surface area contributed by atoms with Gasteiger partial charge in [-0.3, -0.25) is 5.32 Å². The molecule has 7 heteroatoms. The van der Waals surface area contributed by atoms with Crippen LogP contribution in [0.4, 0.5) is 5.69 Å². The van der Waals surface area contributed by atoms with Gasteiger partial charge in [-0.2, -0.15) is 10.2 Å². The number of benzene rings is 1. The lowest BCUT2D eigenvalue weighted by Gasteiger charge is -2.02. The second kappa shape index (κ2) is 6.45. The van der Waals surface area contributed by atoms with Crippen LogP contribution in [0, 0.1) is 11.5 Å². The predicted molar refractivity (Wildman–Crippen MR) is 74.0 cm³/mol. The van der Waals surface area contributed by atoms with Crippen molar-refractivity contribution in [2.24, 2.45) is 4.99 Å². The van der Waals surface area contributed by atoms with Crippen LogP contribution >= 0.6 is 0 Å². The first-order valence-electron chi connectivity index (χ1n) is 5.94. The number of aromatic nitrogens is 2. The van der Waals surface area contributed by atoms with Crippen LogP contribution in [0.1, 0.15) is 5.89 Å². The Labute approximate surface area is 116 Å². The van der Waals surface area contributed by atoms with Crippen LogP contribution in [0.3, 0.4) is 0 Å². The molecule has 7 nitrogen and oxygen atoms in total. The maximum atomic E-state index is 8.32. The molecule has 0 fully saturated rings. The van der Waals surface area contributed by atoms with Gasteiger partial charge in [-0.05, 0) is 38.4 Å². The van der Waals surface area contributed by atoms with Gasteiger partial charge < -0.3 is 9.42 Å². The number of nitrogens with zero attached hydrogens (tertiary/aromatic N) is 5. The van der Waals surface area contributed by atoms with Crippen molar-refractivity contribution in [1.29, 1.82) is 5.26 Å². The lowest BCUT2D eigenvalue weighted by atomic mass is 10.2. The fourth-order valence-corrected chi connectivity index (χ4v) is 1.54. The van der Waals surface area contributed by atoms with Crippen LogP contribution < -0.4 is 5.32 Å². The van der Waals surface area contributed by atoms with Gasteiger partial charge in [0.25, 0.3) is 0 Å². The first-order valence-corrected chi connectivity index (χ1v) is 5.94. The molecular weight excluding hydrogens is 256 g/mol. The summed E-state index contributed by atoms with van der Waals surface area (Å²) in [5, 5.41) is 14.6. The molecule has 1 aromatic carbocycles. The SMILES string of the molecule is CN(C)Cc1nc(-c2ccc(N=CNC#N)cc2)no1. The highest BCUT2D eigenvalue weighted by molar-refractivity contribution is 5.64. The van der Waals surface area contributed by atoms with Gasteiger partial charge in [-0.25, -0.2) is 4.99 Å². The molecule has 2 rings (SSSR count). The van der Waals surface area contributed by atoms with Gasteiger partial charge in [0.05, 0.1) is 12.2 Å². The van der Waals surface area contributed by atoms with Crippen LogP contribution in [0.2, 0.25) is 0 Å². The van der Waals surface area contributed by atoms with Crippen molar-refractivity contribution >= 4 is 12.0 Å². The summed E-state index contributed by atoms with van der Waals surface area (Å²) in [4.78, 5) is 10.3. The molecule has 0 aliphatic heterocycles. The summed E-state index contributed by atoms with van der Waals surface area (Å²) in [5.74, 6) is 1.12. The minimum absolute atomic E-state index is 0.549. The lowest BCUT2D eigenvalue weighted by molar-refractivity contribution is 0.303. The summed E-state index contributed by atoms with van der Waals surface area (Å²) in [6, 6.07) is 7.33. The van der Waals surface area contributed by atoms with Crippen LogP contribution in [-0.2, 0) is 6.54 Å². The molecule has 0 saturated carbocycles. The second-order valence-electron chi connectivity index (χ2n) is 4.31. The number of nitrogens with one attached hydrogen (secondary N) is 1. The van der Waals surface area contributed by atoms with E-state index in [1.54, 1.807) is 6.19 Å². The normalized spacial score (nSPS) is 10.9. The number of hydrogen-bond acceptors (Lipinski definition) is 6. The van der Waals surface area contributed by atoms with Gasteiger partial charge in [0.2, 0.25) is 11.7 Å². The fraction of sp³-hybridized carbons (Fsp3) is 0.231. The quantitative estimate of drug-likeness (QED) is 0.383. The Hall–Kier alpha value is -2.72. The molecule has 0 bridgehead atoms. The standard InChI is InChI=1S/C13H14N6O/c1-19(2)7-12-17-13(18-20-12)10-3-5-11(6-4-10)16-9-15-8-14/h3-6,9H,7H2,1-2H3,(H,15,16). The van der Waals surface area contributed by atoms with Crippen LogP contribution in [0.15, 0.2) is 33.8 Å². The van der Waals surface area contributed by atoms with Gasteiger partial charge >= 0.3 is 0 Å². The average molecular weight is 270 g/mol. The highest BCUT2D eigenvalue weighted by Gasteiger charge is 2.08. The van der Waals surface area contributed by atoms with E-state index in [0.717, 1.165) is 11.3 Å². The summed E-state index contributed by atoms with van der Waals surface area (Å²) in [7, 11) is 3.87. The van der Waals surface area contributed by atoms with Crippen molar-refractivity contribution in [2.75, 3.05) is 14.1 Å². The van der Waals surface area contributed by atoms with Gasteiger partial charge in [0.1, 0.15) is 6.34 Å². The van der Waals surface area contributed by atoms with Crippen LogP contribution in [-0.4, -0.2) is 35.5 Å². The Morgan fingerprint density at radius 2 is 2.15 bits per heavy atom. The smallest absolute Gasteiger partial charge is 0.241 e. The van der Waals surface area contributed by atoms with E-state index in [2.05, 4.69) is 20.4 Å². The Kier molecular flexibility index (Phi) is 4.42. The van der Waals surface area contributed by atoms with E-state index in [0.29, 0.717) is 18.3 Å². The van der Waals surface area contributed by atoms with E-state index in [1.807, 2.05) is 43.3 Å². The van der Waals surface area contributed by atoms with E-state index in [4.69, 9.17) is 9.78 Å². The third-order valence-corrected chi connectivity index (χ3v) is 2.39. The van der Waals surface area contributed by atoms with E-state index >= 15 is 0 Å². The van der Waals surface area contributed by atoms with Gasteiger partial charge in [-0.15, -0.1) is 0 Å². The van der Waals surface area contributed by atoms with Gasteiger partial charge in [0.15, 0.2) is 6.19 Å². The Bertz CT molecular complexity index is 623. The Morgan fingerprint density at radius 3 is 2.80 bits per heavy atom. The molecule has 2 aromatic rings. The highest BCUT2D eigenvalue weighted by atomic mass is 16.5. The summed E-state index contributed by atoms with van der Waals surface area (Å²) < 4.78 is 5.16. The maximum absolute atomic E-state index is 8.32. The molecule has 1 heterocycles. The largest absolute Gasteiger partial charge is 0.338 e. The molecule has 0 spiro atoms. The van der Waals surface area contributed by atoms with Crippen molar-refractivity contribution in [3.63, 3.8) is 0 Å². The Balaban J connectivity index is 2.10. The summed E-state index contributed by atoms with van der Waals surface area (Å²) in [6.45, 7) is 0.606. The first-order chi connectivity index (χ1) is 9.69. The minimum atomic E-state index is 0.549. The third kappa shape index (κ3) is 3.63. The van der Waals surface area contributed by atoms with Crippen LogP contribution in [0.5, 0.6) is 0 Å². The molecule has 0 radical (unpaired) electrons. The topological polar surface area (TPSA) is 90.3 Å². The van der Waals surface area contributed by atoms with Gasteiger partial charge in [0, 0.05) is 5.56 Å². The summed E-state index contributed by atoms with van der Waals surface area (Å²) >= 11 is 0.